The van der Waals surface area contributed by atoms with Gasteiger partial charge < -0.3 is 5.32 Å². The van der Waals surface area contributed by atoms with Crippen molar-refractivity contribution >= 4 is 0 Å². The number of hydrogen-bond donors (Lipinski definition) is 2. The maximum Gasteiger partial charge on any atom is 0.140 e. The lowest BCUT2D eigenvalue weighted by Gasteiger charge is -1.85. The summed E-state index contributed by atoms with van der Waals surface area (Å²) in [5, 5.41) is 18.3. The van der Waals surface area contributed by atoms with E-state index in [9.17, 15) is 0 Å². The molecular formula is C6H6N4. The maximum atomic E-state index is 8.54. The van der Waals surface area contributed by atoms with Gasteiger partial charge in [-0.25, -0.2) is 0 Å². The van der Waals surface area contributed by atoms with Crippen LogP contribution in [0.5, 0.6) is 0 Å². The molecule has 0 unspecified atom stereocenters. The first-order valence-corrected chi connectivity index (χ1v) is 3.09. The monoisotopic (exact) mass is 134 g/mol. The van der Waals surface area contributed by atoms with Crippen molar-refractivity contribution in [1.82, 2.24) is 15.5 Å². The Morgan fingerprint density at radius 3 is 3.20 bits per heavy atom. The van der Waals surface area contributed by atoms with Gasteiger partial charge in [0.2, 0.25) is 0 Å². The summed E-state index contributed by atoms with van der Waals surface area (Å²) < 4.78 is 0. The molecule has 2 heterocycles. The second-order valence-corrected chi connectivity index (χ2v) is 2.24. The normalized spacial score (nSPS) is 14.7. The molecule has 0 aliphatic carbocycles. The average Bonchev–Trinajstić information content (AvgIpc) is 2.44. The lowest BCUT2D eigenvalue weighted by atomic mass is 10.2. The summed E-state index contributed by atoms with van der Waals surface area (Å²) in [6.45, 7) is 1.56. The number of nitrogens with one attached hydrogen (secondary N) is 2. The molecule has 0 amide bonds. The smallest absolute Gasteiger partial charge is 0.140 e. The number of nitriles is 1. The Morgan fingerprint density at radius 1 is 1.50 bits per heavy atom. The van der Waals surface area contributed by atoms with Crippen LogP contribution in [0.4, 0.5) is 0 Å². The summed E-state index contributed by atoms with van der Waals surface area (Å²) in [6, 6.07) is 2.05. The van der Waals surface area contributed by atoms with Gasteiger partial charge in [0.05, 0.1) is 5.69 Å². The van der Waals surface area contributed by atoms with Gasteiger partial charge in [0.25, 0.3) is 0 Å². The number of nitrogens with zero attached hydrogens (tertiary/aromatic N) is 2. The van der Waals surface area contributed by atoms with Crippen molar-refractivity contribution < 1.29 is 0 Å². The van der Waals surface area contributed by atoms with Gasteiger partial charge in [0, 0.05) is 18.7 Å². The van der Waals surface area contributed by atoms with Crippen LogP contribution in [0.2, 0.25) is 0 Å². The molecular weight excluding hydrogens is 128 g/mol. The Labute approximate surface area is 57.9 Å². The van der Waals surface area contributed by atoms with Crippen LogP contribution in [0.15, 0.2) is 0 Å². The number of rotatable bonds is 0. The minimum Gasteiger partial charge on any atom is -0.307 e. The highest BCUT2D eigenvalue weighted by molar-refractivity contribution is 5.36. The summed E-state index contributed by atoms with van der Waals surface area (Å²) >= 11 is 0. The van der Waals surface area contributed by atoms with Crippen molar-refractivity contribution in [1.29, 1.82) is 5.26 Å². The summed E-state index contributed by atoms with van der Waals surface area (Å²) in [5.41, 5.74) is 2.61. The number of H-pyrrole nitrogens is 1. The number of aromatic nitrogens is 2. The van der Waals surface area contributed by atoms with Crippen LogP contribution in [-0.2, 0) is 13.1 Å². The second kappa shape index (κ2) is 1.82. The minimum absolute atomic E-state index is 0.597. The molecule has 4 heteroatoms. The van der Waals surface area contributed by atoms with Crippen LogP contribution in [0.3, 0.4) is 0 Å². The van der Waals surface area contributed by atoms with E-state index in [4.69, 9.17) is 5.26 Å². The molecule has 0 aromatic carbocycles. The molecule has 0 atom stereocenters. The zero-order valence-electron chi connectivity index (χ0n) is 5.31. The van der Waals surface area contributed by atoms with E-state index in [0.717, 1.165) is 24.3 Å². The molecule has 0 spiro atoms. The molecule has 10 heavy (non-hydrogen) atoms. The van der Waals surface area contributed by atoms with Gasteiger partial charge in [-0.15, -0.1) is 0 Å². The third-order valence-electron chi connectivity index (χ3n) is 1.66. The van der Waals surface area contributed by atoms with E-state index in [2.05, 4.69) is 15.5 Å². The molecule has 2 N–H and O–H groups in total. The number of fused-ring (bicyclic) bond motifs is 1. The van der Waals surface area contributed by atoms with Crippen LogP contribution in [-0.4, -0.2) is 10.2 Å². The van der Waals surface area contributed by atoms with Crippen molar-refractivity contribution in [2.45, 2.75) is 13.1 Å². The van der Waals surface area contributed by atoms with E-state index in [1.54, 1.807) is 0 Å². The van der Waals surface area contributed by atoms with Gasteiger partial charge >= 0.3 is 0 Å². The molecule has 0 saturated carbocycles. The topological polar surface area (TPSA) is 64.5 Å². The van der Waals surface area contributed by atoms with E-state index in [1.165, 1.54) is 0 Å². The second-order valence-electron chi connectivity index (χ2n) is 2.24. The van der Waals surface area contributed by atoms with Crippen molar-refractivity contribution in [2.75, 3.05) is 0 Å². The van der Waals surface area contributed by atoms with E-state index in [0.29, 0.717) is 5.69 Å². The first kappa shape index (κ1) is 5.45. The van der Waals surface area contributed by atoms with Gasteiger partial charge in [-0.1, -0.05) is 0 Å². The molecule has 2 rings (SSSR count). The highest BCUT2D eigenvalue weighted by Gasteiger charge is 2.16. The zero-order chi connectivity index (χ0) is 6.97. The van der Waals surface area contributed by atoms with Crippen LogP contribution < -0.4 is 5.32 Å². The Balaban J connectivity index is 2.57. The fourth-order valence-electron chi connectivity index (χ4n) is 1.14. The van der Waals surface area contributed by atoms with E-state index in [1.807, 2.05) is 6.07 Å². The Hall–Kier alpha value is -1.34. The van der Waals surface area contributed by atoms with Gasteiger partial charge in [0.1, 0.15) is 11.8 Å². The van der Waals surface area contributed by atoms with E-state index < -0.39 is 0 Å². The van der Waals surface area contributed by atoms with E-state index >= 15 is 0 Å². The van der Waals surface area contributed by atoms with Crippen LogP contribution in [0, 0.1) is 11.3 Å². The molecule has 1 aromatic rings. The minimum atomic E-state index is 0.597. The zero-order valence-corrected chi connectivity index (χ0v) is 5.31. The van der Waals surface area contributed by atoms with Crippen LogP contribution >= 0.6 is 0 Å². The predicted molar refractivity (Wildman–Crippen MR) is 33.8 cm³/mol. The van der Waals surface area contributed by atoms with Gasteiger partial charge in [-0.3, -0.25) is 5.10 Å². The van der Waals surface area contributed by atoms with Crippen molar-refractivity contribution in [3.8, 4) is 6.07 Å². The third-order valence-corrected chi connectivity index (χ3v) is 1.66. The summed E-state index contributed by atoms with van der Waals surface area (Å²) in [7, 11) is 0. The van der Waals surface area contributed by atoms with Gasteiger partial charge in [-0.05, 0) is 0 Å². The molecule has 0 fully saturated rings. The van der Waals surface area contributed by atoms with Crippen LogP contribution in [0.25, 0.3) is 0 Å². The van der Waals surface area contributed by atoms with Gasteiger partial charge in [-0.2, -0.15) is 10.4 Å². The summed E-state index contributed by atoms with van der Waals surface area (Å²) in [5.74, 6) is 0. The number of hydrogen-bond acceptors (Lipinski definition) is 3. The van der Waals surface area contributed by atoms with Crippen LogP contribution in [0.1, 0.15) is 17.0 Å². The van der Waals surface area contributed by atoms with Crippen molar-refractivity contribution in [3.63, 3.8) is 0 Å². The molecule has 50 valence electrons. The molecule has 1 aliphatic heterocycles. The fourth-order valence-corrected chi connectivity index (χ4v) is 1.14. The first-order chi connectivity index (χ1) is 4.92. The molecule has 0 saturated heterocycles. The molecule has 0 radical (unpaired) electrons. The molecule has 1 aromatic heterocycles. The lowest BCUT2D eigenvalue weighted by molar-refractivity contribution is 0.740. The summed E-state index contributed by atoms with van der Waals surface area (Å²) in [6.07, 6.45) is 0. The number of aromatic amines is 1. The lowest BCUT2D eigenvalue weighted by Crippen LogP contribution is -2.02. The standard InChI is InChI=1S/C6H6N4/c7-1-5-4-2-8-3-6(4)10-9-5/h8H,2-3H2,(H,9,10). The highest BCUT2D eigenvalue weighted by atomic mass is 15.2. The highest BCUT2D eigenvalue weighted by Crippen LogP contribution is 2.14. The first-order valence-electron chi connectivity index (χ1n) is 3.09. The van der Waals surface area contributed by atoms with Gasteiger partial charge in [0.15, 0.2) is 0 Å². The fraction of sp³-hybridized carbons (Fsp3) is 0.333. The largest absolute Gasteiger partial charge is 0.307 e. The van der Waals surface area contributed by atoms with Crippen molar-refractivity contribution in [2.24, 2.45) is 0 Å². The third kappa shape index (κ3) is 0.552. The SMILES string of the molecule is N#Cc1[nH]nc2c1CNC2. The average molecular weight is 134 g/mol. The molecule has 1 aliphatic rings. The maximum absolute atomic E-state index is 8.54. The quantitative estimate of drug-likeness (QED) is 0.520. The summed E-state index contributed by atoms with van der Waals surface area (Å²) in [4.78, 5) is 0. The molecule has 0 bridgehead atoms. The Bertz CT molecular complexity index is 293. The Kier molecular flexibility index (Phi) is 0.992. The van der Waals surface area contributed by atoms with Crippen molar-refractivity contribution in [3.05, 3.63) is 17.0 Å². The molecule has 4 nitrogen and oxygen atoms in total. The predicted octanol–water partition coefficient (Wildman–Crippen LogP) is -0.115. The Morgan fingerprint density at radius 2 is 2.40 bits per heavy atom. The van der Waals surface area contributed by atoms with E-state index in [-0.39, 0.29) is 0 Å².